The fourth-order valence-corrected chi connectivity index (χ4v) is 0.943. The summed E-state index contributed by atoms with van der Waals surface area (Å²) >= 11 is 0. The number of nitrogens with one attached hydrogen (secondary N) is 1. The zero-order chi connectivity index (χ0) is 11.7. The molecule has 0 atom stereocenters. The number of hydrogen-bond donors (Lipinski definition) is 2. The Bertz CT molecular complexity index is 204. The van der Waals surface area contributed by atoms with E-state index in [0.29, 0.717) is 26.0 Å². The molecule has 15 heavy (non-hydrogen) atoms. The van der Waals surface area contributed by atoms with Crippen molar-refractivity contribution in [3.63, 3.8) is 0 Å². The molecule has 0 saturated heterocycles. The van der Waals surface area contributed by atoms with Crippen molar-refractivity contribution in [2.45, 2.75) is 39.2 Å². The Kier molecular flexibility index (Phi) is 7.62. The summed E-state index contributed by atoms with van der Waals surface area (Å²) in [5.74, 6) is -0.937. The Morgan fingerprint density at radius 3 is 2.53 bits per heavy atom. The standard InChI is InChI=1S/C10H19NO4/c1-8(2)15-7-5-9(12)11-6-3-4-10(13)14/h8H,3-7H2,1-2H3,(H,11,12)(H,13,14). The summed E-state index contributed by atoms with van der Waals surface area (Å²) in [4.78, 5) is 21.3. The van der Waals surface area contributed by atoms with Gasteiger partial charge in [-0.3, -0.25) is 9.59 Å². The van der Waals surface area contributed by atoms with Gasteiger partial charge in [0.1, 0.15) is 0 Å². The Morgan fingerprint density at radius 2 is 2.00 bits per heavy atom. The first kappa shape index (κ1) is 13.9. The van der Waals surface area contributed by atoms with E-state index in [2.05, 4.69) is 5.32 Å². The van der Waals surface area contributed by atoms with Crippen LogP contribution in [0.1, 0.15) is 33.1 Å². The summed E-state index contributed by atoms with van der Waals surface area (Å²) in [5, 5.41) is 11.0. The largest absolute Gasteiger partial charge is 0.481 e. The molecule has 0 aliphatic rings. The van der Waals surface area contributed by atoms with E-state index in [1.165, 1.54) is 0 Å². The van der Waals surface area contributed by atoms with Gasteiger partial charge in [-0.05, 0) is 20.3 Å². The van der Waals surface area contributed by atoms with Crippen molar-refractivity contribution in [3.8, 4) is 0 Å². The van der Waals surface area contributed by atoms with E-state index < -0.39 is 5.97 Å². The Hall–Kier alpha value is -1.10. The molecule has 2 N–H and O–H groups in total. The first-order chi connectivity index (χ1) is 7.02. The van der Waals surface area contributed by atoms with Gasteiger partial charge in [-0.1, -0.05) is 0 Å². The summed E-state index contributed by atoms with van der Waals surface area (Å²) in [5.41, 5.74) is 0. The van der Waals surface area contributed by atoms with Gasteiger partial charge in [0.25, 0.3) is 0 Å². The number of carboxylic acid groups (broad SMARTS) is 1. The van der Waals surface area contributed by atoms with Crippen molar-refractivity contribution in [2.24, 2.45) is 0 Å². The predicted octanol–water partition coefficient (Wildman–Crippen LogP) is 0.782. The second-order valence-corrected chi connectivity index (χ2v) is 3.52. The molecule has 0 aromatic rings. The molecule has 0 fully saturated rings. The van der Waals surface area contributed by atoms with Crippen molar-refractivity contribution < 1.29 is 19.4 Å². The lowest BCUT2D eigenvalue weighted by molar-refractivity contribution is -0.137. The average molecular weight is 217 g/mol. The van der Waals surface area contributed by atoms with Crippen molar-refractivity contribution in [3.05, 3.63) is 0 Å². The van der Waals surface area contributed by atoms with Gasteiger partial charge in [-0.25, -0.2) is 0 Å². The van der Waals surface area contributed by atoms with Gasteiger partial charge in [0, 0.05) is 19.4 Å². The van der Waals surface area contributed by atoms with Gasteiger partial charge in [-0.15, -0.1) is 0 Å². The highest BCUT2D eigenvalue weighted by atomic mass is 16.5. The van der Waals surface area contributed by atoms with Crippen LogP contribution in [0.2, 0.25) is 0 Å². The van der Waals surface area contributed by atoms with E-state index in [1.54, 1.807) is 0 Å². The molecule has 0 aliphatic heterocycles. The molecule has 0 aromatic carbocycles. The van der Waals surface area contributed by atoms with Gasteiger partial charge in [-0.2, -0.15) is 0 Å². The van der Waals surface area contributed by atoms with Gasteiger partial charge in [0.2, 0.25) is 5.91 Å². The van der Waals surface area contributed by atoms with Crippen LogP contribution >= 0.6 is 0 Å². The molecule has 0 rings (SSSR count). The van der Waals surface area contributed by atoms with Crippen LogP contribution in [0.25, 0.3) is 0 Å². The number of hydrogen-bond acceptors (Lipinski definition) is 3. The van der Waals surface area contributed by atoms with Crippen molar-refractivity contribution in [1.82, 2.24) is 5.32 Å². The highest BCUT2D eigenvalue weighted by Gasteiger charge is 2.02. The van der Waals surface area contributed by atoms with Gasteiger partial charge in [0.05, 0.1) is 12.7 Å². The average Bonchev–Trinajstić information content (AvgIpc) is 2.11. The highest BCUT2D eigenvalue weighted by molar-refractivity contribution is 5.76. The van der Waals surface area contributed by atoms with Crippen molar-refractivity contribution >= 4 is 11.9 Å². The molecule has 0 unspecified atom stereocenters. The van der Waals surface area contributed by atoms with Gasteiger partial charge in [0.15, 0.2) is 0 Å². The molecule has 1 amide bonds. The van der Waals surface area contributed by atoms with E-state index in [1.807, 2.05) is 13.8 Å². The monoisotopic (exact) mass is 217 g/mol. The second-order valence-electron chi connectivity index (χ2n) is 3.52. The van der Waals surface area contributed by atoms with Gasteiger partial charge >= 0.3 is 5.97 Å². The maximum absolute atomic E-state index is 11.1. The third kappa shape index (κ3) is 10.8. The lowest BCUT2D eigenvalue weighted by atomic mass is 10.3. The summed E-state index contributed by atoms with van der Waals surface area (Å²) in [6, 6.07) is 0. The number of carbonyl (C=O) groups is 2. The molecule has 5 heteroatoms. The van der Waals surface area contributed by atoms with Crippen LogP contribution in [-0.4, -0.2) is 36.2 Å². The van der Waals surface area contributed by atoms with Crippen LogP contribution in [-0.2, 0) is 14.3 Å². The second kappa shape index (κ2) is 8.23. The van der Waals surface area contributed by atoms with E-state index in [-0.39, 0.29) is 18.4 Å². The minimum absolute atomic E-state index is 0.0861. The van der Waals surface area contributed by atoms with Crippen LogP contribution in [0, 0.1) is 0 Å². The summed E-state index contributed by atoms with van der Waals surface area (Å²) < 4.78 is 5.20. The molecule has 5 nitrogen and oxygen atoms in total. The Balaban J connectivity index is 3.30. The molecule has 0 spiro atoms. The lowest BCUT2D eigenvalue weighted by Crippen LogP contribution is -2.26. The molecule has 0 aromatic heterocycles. The quantitative estimate of drug-likeness (QED) is 0.589. The number of rotatable bonds is 8. The SMILES string of the molecule is CC(C)OCCC(=O)NCCCC(=O)O. The molecule has 0 bridgehead atoms. The third-order valence-corrected chi connectivity index (χ3v) is 1.67. The van der Waals surface area contributed by atoms with Crippen molar-refractivity contribution in [2.75, 3.05) is 13.2 Å². The molecule has 0 radical (unpaired) electrons. The van der Waals surface area contributed by atoms with E-state index in [9.17, 15) is 9.59 Å². The number of carbonyl (C=O) groups excluding carboxylic acids is 1. The number of aliphatic carboxylic acids is 1. The zero-order valence-corrected chi connectivity index (χ0v) is 9.28. The highest BCUT2D eigenvalue weighted by Crippen LogP contribution is 1.91. The minimum Gasteiger partial charge on any atom is -0.481 e. The van der Waals surface area contributed by atoms with Crippen LogP contribution in [0.3, 0.4) is 0 Å². The Morgan fingerprint density at radius 1 is 1.33 bits per heavy atom. The predicted molar refractivity (Wildman–Crippen MR) is 55.6 cm³/mol. The fraction of sp³-hybridized carbons (Fsp3) is 0.800. The van der Waals surface area contributed by atoms with Crippen LogP contribution in [0.5, 0.6) is 0 Å². The first-order valence-corrected chi connectivity index (χ1v) is 5.12. The Labute approximate surface area is 89.8 Å². The van der Waals surface area contributed by atoms with Gasteiger partial charge < -0.3 is 15.2 Å². The minimum atomic E-state index is -0.840. The molecule has 0 heterocycles. The number of ether oxygens (including phenoxy) is 1. The third-order valence-electron chi connectivity index (χ3n) is 1.67. The maximum Gasteiger partial charge on any atom is 0.303 e. The maximum atomic E-state index is 11.1. The fourth-order valence-electron chi connectivity index (χ4n) is 0.943. The van der Waals surface area contributed by atoms with Crippen molar-refractivity contribution in [1.29, 1.82) is 0 Å². The topological polar surface area (TPSA) is 75.6 Å². The van der Waals surface area contributed by atoms with Crippen LogP contribution in [0.4, 0.5) is 0 Å². The normalized spacial score (nSPS) is 10.3. The van der Waals surface area contributed by atoms with E-state index in [4.69, 9.17) is 9.84 Å². The zero-order valence-electron chi connectivity index (χ0n) is 9.28. The summed E-state index contributed by atoms with van der Waals surface area (Å²) in [6.07, 6.45) is 1.00. The molecule has 0 saturated carbocycles. The molecule has 88 valence electrons. The van der Waals surface area contributed by atoms with E-state index >= 15 is 0 Å². The summed E-state index contributed by atoms with van der Waals surface area (Å²) in [6.45, 7) is 4.63. The number of amides is 1. The molecule has 0 aliphatic carbocycles. The smallest absolute Gasteiger partial charge is 0.303 e. The molecular weight excluding hydrogens is 198 g/mol. The first-order valence-electron chi connectivity index (χ1n) is 5.12. The van der Waals surface area contributed by atoms with Crippen LogP contribution in [0.15, 0.2) is 0 Å². The van der Waals surface area contributed by atoms with Crippen LogP contribution < -0.4 is 5.32 Å². The lowest BCUT2D eigenvalue weighted by Gasteiger charge is -2.07. The number of carboxylic acids is 1. The summed E-state index contributed by atoms with van der Waals surface area (Å²) in [7, 11) is 0. The van der Waals surface area contributed by atoms with E-state index in [0.717, 1.165) is 0 Å². The molecular formula is C10H19NO4.